The van der Waals surface area contributed by atoms with Crippen molar-refractivity contribution in [2.45, 2.75) is 18.7 Å². The summed E-state index contributed by atoms with van der Waals surface area (Å²) < 4.78 is 27.9. The summed E-state index contributed by atoms with van der Waals surface area (Å²) in [5, 5.41) is 9.19. The van der Waals surface area contributed by atoms with E-state index in [2.05, 4.69) is 9.71 Å². The van der Waals surface area contributed by atoms with Crippen molar-refractivity contribution in [3.05, 3.63) is 77.6 Å². The van der Waals surface area contributed by atoms with Crippen molar-refractivity contribution >= 4 is 21.7 Å². The fourth-order valence-corrected chi connectivity index (χ4v) is 4.16. The molecule has 0 aliphatic heterocycles. The molecule has 1 aromatic heterocycles. The van der Waals surface area contributed by atoms with Gasteiger partial charge < -0.3 is 5.11 Å². The first-order chi connectivity index (χ1) is 12.8. The molecule has 3 rings (SSSR count). The summed E-state index contributed by atoms with van der Waals surface area (Å²) in [5.41, 5.74) is 3.50. The number of carboxylic acid groups (broad SMARTS) is 1. The van der Waals surface area contributed by atoms with Gasteiger partial charge in [0.2, 0.25) is 0 Å². The summed E-state index contributed by atoms with van der Waals surface area (Å²) in [5.74, 6) is -1.17. The van der Waals surface area contributed by atoms with E-state index in [4.69, 9.17) is 0 Å². The van der Waals surface area contributed by atoms with Crippen LogP contribution in [0.25, 0.3) is 11.1 Å². The molecule has 0 saturated carbocycles. The number of sulfonamides is 1. The van der Waals surface area contributed by atoms with Gasteiger partial charge in [-0.2, -0.15) is 0 Å². The van der Waals surface area contributed by atoms with E-state index in [-0.39, 0.29) is 16.0 Å². The van der Waals surface area contributed by atoms with Gasteiger partial charge in [-0.1, -0.05) is 18.2 Å². The van der Waals surface area contributed by atoms with Crippen LogP contribution in [0.3, 0.4) is 0 Å². The van der Waals surface area contributed by atoms with Gasteiger partial charge in [-0.3, -0.25) is 9.71 Å². The lowest BCUT2D eigenvalue weighted by Gasteiger charge is -2.12. The number of nitrogens with one attached hydrogen (secondary N) is 1. The van der Waals surface area contributed by atoms with Gasteiger partial charge >= 0.3 is 5.97 Å². The molecule has 0 bridgehead atoms. The van der Waals surface area contributed by atoms with Crippen LogP contribution < -0.4 is 4.72 Å². The van der Waals surface area contributed by atoms with Crippen LogP contribution in [-0.4, -0.2) is 24.5 Å². The third-order valence-electron chi connectivity index (χ3n) is 4.29. The van der Waals surface area contributed by atoms with Crippen LogP contribution in [0.1, 0.15) is 21.5 Å². The minimum absolute atomic E-state index is 0.0414. The Hall–Kier alpha value is -3.19. The number of pyridine rings is 1. The maximum atomic E-state index is 12.7. The number of aromatic nitrogens is 1. The highest BCUT2D eigenvalue weighted by Gasteiger charge is 2.20. The Morgan fingerprint density at radius 3 is 2.37 bits per heavy atom. The Morgan fingerprint density at radius 1 is 1.04 bits per heavy atom. The molecular weight excluding hydrogens is 364 g/mol. The molecule has 0 saturated heterocycles. The van der Waals surface area contributed by atoms with Gasteiger partial charge in [0, 0.05) is 23.6 Å². The number of aromatic carboxylic acids is 1. The number of carbonyl (C=O) groups is 1. The number of carboxylic acids is 1. The van der Waals surface area contributed by atoms with Crippen molar-refractivity contribution in [3.63, 3.8) is 0 Å². The number of hydrogen-bond donors (Lipinski definition) is 2. The first-order valence-corrected chi connectivity index (χ1v) is 9.64. The van der Waals surface area contributed by atoms with Crippen LogP contribution in [0.4, 0.5) is 5.69 Å². The second-order valence-corrected chi connectivity index (χ2v) is 7.76. The van der Waals surface area contributed by atoms with Crippen LogP contribution in [0, 0.1) is 13.8 Å². The van der Waals surface area contributed by atoms with Crippen molar-refractivity contribution in [1.82, 2.24) is 4.98 Å². The van der Waals surface area contributed by atoms with Gasteiger partial charge in [0.25, 0.3) is 10.0 Å². The lowest BCUT2D eigenvalue weighted by molar-refractivity contribution is 0.0696. The molecule has 0 spiro atoms. The molecule has 27 heavy (non-hydrogen) atoms. The number of anilines is 1. The summed E-state index contributed by atoms with van der Waals surface area (Å²) in [6.07, 6.45) is 3.48. The average Bonchev–Trinajstić information content (AvgIpc) is 2.62. The predicted molar refractivity (Wildman–Crippen MR) is 103 cm³/mol. The number of hydrogen-bond acceptors (Lipinski definition) is 4. The minimum atomic E-state index is -3.91. The van der Waals surface area contributed by atoms with Crippen molar-refractivity contribution in [1.29, 1.82) is 0 Å². The molecule has 3 aromatic rings. The van der Waals surface area contributed by atoms with Crippen molar-refractivity contribution < 1.29 is 18.3 Å². The zero-order valence-corrected chi connectivity index (χ0v) is 15.6. The zero-order valence-electron chi connectivity index (χ0n) is 14.8. The minimum Gasteiger partial charge on any atom is -0.478 e. The molecule has 0 radical (unpaired) electrons. The topological polar surface area (TPSA) is 96.4 Å². The molecule has 1 heterocycles. The molecule has 2 N–H and O–H groups in total. The third-order valence-corrected chi connectivity index (χ3v) is 5.82. The molecule has 0 fully saturated rings. The Balaban J connectivity index is 1.90. The number of benzene rings is 2. The van der Waals surface area contributed by atoms with Crippen LogP contribution in [0.15, 0.2) is 65.8 Å². The fraction of sp³-hybridized carbons (Fsp3) is 0.100. The maximum absolute atomic E-state index is 12.7. The molecule has 0 aliphatic rings. The Labute approximate surface area is 157 Å². The van der Waals surface area contributed by atoms with Gasteiger partial charge in [0.15, 0.2) is 0 Å². The second kappa shape index (κ2) is 7.20. The van der Waals surface area contributed by atoms with Crippen LogP contribution in [0.2, 0.25) is 0 Å². The SMILES string of the molecule is Cc1ccncc1-c1ccc(NS(=O)(=O)c2cccc(C(=O)O)c2C)cc1. The second-order valence-electron chi connectivity index (χ2n) is 6.11. The van der Waals surface area contributed by atoms with E-state index in [0.29, 0.717) is 5.69 Å². The average molecular weight is 382 g/mol. The summed E-state index contributed by atoms with van der Waals surface area (Å²) in [7, 11) is -3.91. The van der Waals surface area contributed by atoms with Gasteiger partial charge in [0.1, 0.15) is 0 Å². The predicted octanol–water partition coefficient (Wildman–Crippen LogP) is 3.86. The van der Waals surface area contributed by atoms with E-state index in [1.807, 2.05) is 25.1 Å². The lowest BCUT2D eigenvalue weighted by Crippen LogP contribution is -2.15. The molecule has 0 atom stereocenters. The van der Waals surface area contributed by atoms with Gasteiger partial charge in [-0.05, 0) is 60.9 Å². The molecular formula is C20H18N2O4S. The molecule has 138 valence electrons. The highest BCUT2D eigenvalue weighted by molar-refractivity contribution is 7.92. The van der Waals surface area contributed by atoms with Crippen molar-refractivity contribution in [3.8, 4) is 11.1 Å². The summed E-state index contributed by atoms with van der Waals surface area (Å²) in [4.78, 5) is 15.3. The fourth-order valence-electron chi connectivity index (χ4n) is 2.83. The number of aryl methyl sites for hydroxylation is 1. The number of rotatable bonds is 5. The van der Waals surface area contributed by atoms with E-state index in [1.54, 1.807) is 24.5 Å². The summed E-state index contributed by atoms with van der Waals surface area (Å²) in [6, 6.07) is 13.0. The van der Waals surface area contributed by atoms with Crippen LogP contribution >= 0.6 is 0 Å². The Morgan fingerprint density at radius 2 is 1.74 bits per heavy atom. The first kappa shape index (κ1) is 18.6. The zero-order chi connectivity index (χ0) is 19.6. The quantitative estimate of drug-likeness (QED) is 0.698. The van der Waals surface area contributed by atoms with Crippen LogP contribution in [-0.2, 0) is 10.0 Å². The van der Waals surface area contributed by atoms with E-state index in [9.17, 15) is 18.3 Å². The molecule has 6 nitrogen and oxygen atoms in total. The Kier molecular flexibility index (Phi) is 4.96. The highest BCUT2D eigenvalue weighted by atomic mass is 32.2. The lowest BCUT2D eigenvalue weighted by atomic mass is 10.0. The first-order valence-electron chi connectivity index (χ1n) is 8.16. The normalized spacial score (nSPS) is 11.2. The van der Waals surface area contributed by atoms with Gasteiger partial charge in [-0.15, -0.1) is 0 Å². The molecule has 0 unspecified atom stereocenters. The molecule has 0 aliphatic carbocycles. The smallest absolute Gasteiger partial charge is 0.335 e. The molecule has 7 heteroatoms. The molecule has 0 amide bonds. The van der Waals surface area contributed by atoms with E-state index in [1.165, 1.54) is 25.1 Å². The Bertz CT molecular complexity index is 1110. The summed E-state index contributed by atoms with van der Waals surface area (Å²) in [6.45, 7) is 3.46. The highest BCUT2D eigenvalue weighted by Crippen LogP contribution is 2.26. The summed E-state index contributed by atoms with van der Waals surface area (Å²) >= 11 is 0. The van der Waals surface area contributed by atoms with Crippen LogP contribution in [0.5, 0.6) is 0 Å². The molecule has 2 aromatic carbocycles. The number of nitrogens with zero attached hydrogens (tertiary/aromatic N) is 1. The van der Waals surface area contributed by atoms with Gasteiger partial charge in [-0.25, -0.2) is 13.2 Å². The largest absolute Gasteiger partial charge is 0.478 e. The van der Waals surface area contributed by atoms with E-state index < -0.39 is 16.0 Å². The standard InChI is InChI=1S/C20H18N2O4S/c1-13-10-11-21-12-18(13)15-6-8-16(9-7-15)22-27(25,26)19-5-3-4-17(14(19)2)20(23)24/h3-12,22H,1-2H3,(H,23,24). The van der Waals surface area contributed by atoms with E-state index in [0.717, 1.165) is 16.7 Å². The third kappa shape index (κ3) is 3.83. The monoisotopic (exact) mass is 382 g/mol. The van der Waals surface area contributed by atoms with Gasteiger partial charge in [0.05, 0.1) is 10.5 Å². The van der Waals surface area contributed by atoms with Crippen molar-refractivity contribution in [2.24, 2.45) is 0 Å². The maximum Gasteiger partial charge on any atom is 0.335 e. The van der Waals surface area contributed by atoms with Crippen molar-refractivity contribution in [2.75, 3.05) is 4.72 Å². The van der Waals surface area contributed by atoms with E-state index >= 15 is 0 Å².